The van der Waals surface area contributed by atoms with Crippen LogP contribution in [0.3, 0.4) is 0 Å². The first-order valence-corrected chi connectivity index (χ1v) is 7.66. The lowest BCUT2D eigenvalue weighted by molar-refractivity contribution is -0.116. The van der Waals surface area contributed by atoms with Gasteiger partial charge >= 0.3 is 0 Å². The summed E-state index contributed by atoms with van der Waals surface area (Å²) in [5, 5.41) is 3.73. The fourth-order valence-corrected chi connectivity index (χ4v) is 3.75. The highest BCUT2D eigenvalue weighted by atomic mass is 32.1. The topological polar surface area (TPSA) is 45.2 Å². The molecule has 1 atom stereocenters. The van der Waals surface area contributed by atoms with Crippen molar-refractivity contribution in [2.45, 2.75) is 32.2 Å². The van der Waals surface area contributed by atoms with Crippen LogP contribution in [0.25, 0.3) is 0 Å². The third kappa shape index (κ3) is 3.04. The number of carbonyl (C=O) groups is 1. The zero-order chi connectivity index (χ0) is 13.2. The van der Waals surface area contributed by atoms with E-state index in [9.17, 15) is 4.79 Å². The van der Waals surface area contributed by atoms with Gasteiger partial charge in [0.25, 0.3) is 0 Å². The molecule has 19 heavy (non-hydrogen) atoms. The summed E-state index contributed by atoms with van der Waals surface area (Å²) in [5.74, 6) is 0.511. The molecule has 5 heteroatoms. The van der Waals surface area contributed by atoms with Crippen molar-refractivity contribution < 1.29 is 4.79 Å². The van der Waals surface area contributed by atoms with E-state index in [0.717, 1.165) is 37.5 Å². The van der Waals surface area contributed by atoms with Gasteiger partial charge in [0.05, 0.1) is 5.69 Å². The van der Waals surface area contributed by atoms with E-state index in [0.29, 0.717) is 12.3 Å². The van der Waals surface area contributed by atoms with Gasteiger partial charge in [-0.3, -0.25) is 4.79 Å². The molecule has 102 valence electrons. The highest BCUT2D eigenvalue weighted by Gasteiger charge is 2.20. The average Bonchev–Trinajstić information content (AvgIpc) is 2.97. The Kier molecular flexibility index (Phi) is 3.66. The van der Waals surface area contributed by atoms with Crippen LogP contribution in [0.15, 0.2) is 12.2 Å². The smallest absolute Gasteiger partial charge is 0.226 e. The Hall–Kier alpha value is -1.20. The zero-order valence-corrected chi connectivity index (χ0v) is 12.0. The molecule has 0 bridgehead atoms. The van der Waals surface area contributed by atoms with Crippen LogP contribution in [0.1, 0.15) is 29.8 Å². The first-order chi connectivity index (χ1) is 9.20. The SMILES string of the molecule is CN1CCc2nc(NC(=O)C[C@H]3C=CCC3)sc2C1. The number of thiazole rings is 1. The molecule has 0 spiro atoms. The van der Waals surface area contributed by atoms with E-state index in [2.05, 4.69) is 34.4 Å². The maximum absolute atomic E-state index is 12.0. The third-order valence-corrected chi connectivity index (χ3v) is 4.73. The Morgan fingerprint density at radius 1 is 1.63 bits per heavy atom. The lowest BCUT2D eigenvalue weighted by atomic mass is 10.1. The van der Waals surface area contributed by atoms with E-state index >= 15 is 0 Å². The minimum absolute atomic E-state index is 0.0935. The van der Waals surface area contributed by atoms with E-state index in [1.54, 1.807) is 11.3 Å². The van der Waals surface area contributed by atoms with Gasteiger partial charge in [0.15, 0.2) is 5.13 Å². The number of hydrogen-bond donors (Lipinski definition) is 1. The van der Waals surface area contributed by atoms with Gasteiger partial charge in [-0.2, -0.15) is 0 Å². The number of carbonyl (C=O) groups excluding carboxylic acids is 1. The van der Waals surface area contributed by atoms with Gasteiger partial charge in [0.2, 0.25) is 5.91 Å². The summed E-state index contributed by atoms with van der Waals surface area (Å²) in [4.78, 5) is 20.1. The zero-order valence-electron chi connectivity index (χ0n) is 11.2. The molecule has 0 saturated carbocycles. The molecule has 0 radical (unpaired) electrons. The molecule has 0 fully saturated rings. The molecule has 2 heterocycles. The van der Waals surface area contributed by atoms with Crippen molar-refractivity contribution in [3.63, 3.8) is 0 Å². The van der Waals surface area contributed by atoms with Crippen LogP contribution in [-0.4, -0.2) is 29.4 Å². The highest BCUT2D eigenvalue weighted by molar-refractivity contribution is 7.15. The number of nitrogens with one attached hydrogen (secondary N) is 1. The van der Waals surface area contributed by atoms with Crippen molar-refractivity contribution in [1.82, 2.24) is 9.88 Å². The monoisotopic (exact) mass is 277 g/mol. The van der Waals surface area contributed by atoms with Crippen LogP contribution in [0.4, 0.5) is 5.13 Å². The molecular formula is C14H19N3OS. The number of aromatic nitrogens is 1. The number of allylic oxidation sites excluding steroid dienone is 2. The number of rotatable bonds is 3. The van der Waals surface area contributed by atoms with Crippen LogP contribution < -0.4 is 5.32 Å². The lowest BCUT2D eigenvalue weighted by Gasteiger charge is -2.20. The van der Waals surface area contributed by atoms with E-state index in [-0.39, 0.29) is 5.91 Å². The summed E-state index contributed by atoms with van der Waals surface area (Å²) in [7, 11) is 2.12. The fourth-order valence-electron chi connectivity index (χ4n) is 2.65. The molecule has 1 aromatic rings. The molecule has 0 unspecified atom stereocenters. The predicted molar refractivity (Wildman–Crippen MR) is 77.3 cm³/mol. The van der Waals surface area contributed by atoms with Crippen molar-refractivity contribution in [1.29, 1.82) is 0 Å². The van der Waals surface area contributed by atoms with Crippen LogP contribution >= 0.6 is 11.3 Å². The molecule has 1 aliphatic heterocycles. The van der Waals surface area contributed by atoms with Gasteiger partial charge in [0.1, 0.15) is 0 Å². The second-order valence-corrected chi connectivity index (χ2v) is 6.48. The van der Waals surface area contributed by atoms with E-state index in [4.69, 9.17) is 0 Å². The van der Waals surface area contributed by atoms with E-state index < -0.39 is 0 Å². The molecule has 1 aromatic heterocycles. The summed E-state index contributed by atoms with van der Waals surface area (Å²) in [5.41, 5.74) is 1.17. The van der Waals surface area contributed by atoms with Crippen LogP contribution in [0, 0.1) is 5.92 Å². The maximum Gasteiger partial charge on any atom is 0.226 e. The van der Waals surface area contributed by atoms with Gasteiger partial charge in [-0.25, -0.2) is 4.98 Å². The van der Waals surface area contributed by atoms with E-state index in [1.165, 1.54) is 10.6 Å². The number of amides is 1. The first kappa shape index (κ1) is 12.8. The Balaban J connectivity index is 1.60. The number of likely N-dealkylation sites (N-methyl/N-ethyl adjacent to an activating group) is 1. The average molecular weight is 277 g/mol. The summed E-state index contributed by atoms with van der Waals surface area (Å²) in [6.45, 7) is 2.01. The van der Waals surface area contributed by atoms with Crippen LogP contribution in [0.2, 0.25) is 0 Å². The summed E-state index contributed by atoms with van der Waals surface area (Å²) >= 11 is 1.62. The molecule has 1 N–H and O–H groups in total. The molecule has 1 amide bonds. The summed E-state index contributed by atoms with van der Waals surface area (Å²) in [6.07, 6.45) is 8.10. The fraction of sp³-hybridized carbons (Fsp3) is 0.571. The largest absolute Gasteiger partial charge is 0.302 e. The Bertz CT molecular complexity index is 509. The normalized spacial score (nSPS) is 22.5. The molecule has 2 aliphatic rings. The molecule has 1 aliphatic carbocycles. The number of fused-ring (bicyclic) bond motifs is 1. The quantitative estimate of drug-likeness (QED) is 0.863. The van der Waals surface area contributed by atoms with Crippen molar-refractivity contribution in [3.05, 3.63) is 22.7 Å². The first-order valence-electron chi connectivity index (χ1n) is 6.84. The number of hydrogen-bond acceptors (Lipinski definition) is 4. The van der Waals surface area contributed by atoms with Crippen molar-refractivity contribution in [2.24, 2.45) is 5.92 Å². The Labute approximate surface area is 117 Å². The maximum atomic E-state index is 12.0. The van der Waals surface area contributed by atoms with Crippen LogP contribution in [0.5, 0.6) is 0 Å². The standard InChI is InChI=1S/C14H19N3OS/c1-17-7-6-11-12(9-17)19-14(15-11)16-13(18)8-10-4-2-3-5-10/h2,4,10H,3,5-9H2,1H3,(H,15,16,18)/t10-/m0/s1. The molecular weight excluding hydrogens is 258 g/mol. The van der Waals surface area contributed by atoms with Crippen molar-refractivity contribution >= 4 is 22.4 Å². The van der Waals surface area contributed by atoms with Gasteiger partial charge in [0, 0.05) is 30.8 Å². The minimum Gasteiger partial charge on any atom is -0.302 e. The molecule has 0 aromatic carbocycles. The number of nitrogens with zero attached hydrogens (tertiary/aromatic N) is 2. The van der Waals surface area contributed by atoms with Gasteiger partial charge in [-0.05, 0) is 25.8 Å². The van der Waals surface area contributed by atoms with Crippen molar-refractivity contribution in [3.8, 4) is 0 Å². The lowest BCUT2D eigenvalue weighted by Crippen LogP contribution is -2.25. The highest BCUT2D eigenvalue weighted by Crippen LogP contribution is 2.28. The third-order valence-electron chi connectivity index (χ3n) is 3.73. The van der Waals surface area contributed by atoms with Crippen molar-refractivity contribution in [2.75, 3.05) is 18.9 Å². The minimum atomic E-state index is 0.0935. The Morgan fingerprint density at radius 3 is 3.32 bits per heavy atom. The Morgan fingerprint density at radius 2 is 2.53 bits per heavy atom. The van der Waals surface area contributed by atoms with Gasteiger partial charge in [-0.1, -0.05) is 12.2 Å². The number of anilines is 1. The van der Waals surface area contributed by atoms with Gasteiger partial charge < -0.3 is 10.2 Å². The second-order valence-electron chi connectivity index (χ2n) is 5.39. The molecule has 0 saturated heterocycles. The predicted octanol–water partition coefficient (Wildman–Crippen LogP) is 2.43. The molecule has 3 rings (SSSR count). The van der Waals surface area contributed by atoms with Gasteiger partial charge in [-0.15, -0.1) is 11.3 Å². The summed E-state index contributed by atoms with van der Waals surface area (Å²) in [6, 6.07) is 0. The molecule has 4 nitrogen and oxygen atoms in total. The second kappa shape index (κ2) is 5.43. The van der Waals surface area contributed by atoms with Crippen LogP contribution in [-0.2, 0) is 17.8 Å². The summed E-state index contributed by atoms with van der Waals surface area (Å²) < 4.78 is 0. The van der Waals surface area contributed by atoms with E-state index in [1.807, 2.05) is 0 Å².